The molecule has 1 aliphatic heterocycles. The van der Waals surface area contributed by atoms with Gasteiger partial charge in [0.2, 0.25) is 5.91 Å². The number of carbonyl (C=O) groups excluding carboxylic acids is 1. The molecule has 1 saturated heterocycles. The molecule has 1 aromatic carbocycles. The van der Waals surface area contributed by atoms with Crippen molar-refractivity contribution in [3.05, 3.63) is 29.8 Å². The number of carbonyl (C=O) groups is 1. The van der Waals surface area contributed by atoms with Crippen molar-refractivity contribution in [1.29, 1.82) is 0 Å². The fraction of sp³-hybridized carbons (Fsp3) is 0.650. The summed E-state index contributed by atoms with van der Waals surface area (Å²) in [5, 5.41) is 0. The zero-order valence-electron chi connectivity index (χ0n) is 16.2. The Morgan fingerprint density at radius 2 is 2.04 bits per heavy atom. The Hall–Kier alpha value is -1.59. The average Bonchev–Trinajstić information content (AvgIpc) is 2.59. The Kier molecular flexibility index (Phi) is 7.72. The van der Waals surface area contributed by atoms with E-state index in [1.165, 1.54) is 18.4 Å². The summed E-state index contributed by atoms with van der Waals surface area (Å²) in [6.07, 6.45) is 2.40. The number of benzene rings is 1. The third-order valence-corrected chi connectivity index (χ3v) is 4.93. The number of ether oxygens (including phenoxy) is 1. The van der Waals surface area contributed by atoms with E-state index in [1.807, 2.05) is 31.1 Å². The van der Waals surface area contributed by atoms with Crippen molar-refractivity contribution < 1.29 is 9.53 Å². The van der Waals surface area contributed by atoms with Crippen molar-refractivity contribution in [1.82, 2.24) is 14.7 Å². The molecule has 1 aliphatic rings. The largest absolute Gasteiger partial charge is 0.496 e. The van der Waals surface area contributed by atoms with Crippen LogP contribution in [0.1, 0.15) is 25.3 Å². The SMILES string of the molecule is COc1ccccc1CN1CCC[C@@H](CN(CCN(C)C)C(C)=O)C1. The molecule has 5 heteroatoms. The molecular formula is C20H33N3O2. The smallest absolute Gasteiger partial charge is 0.219 e. The summed E-state index contributed by atoms with van der Waals surface area (Å²) < 4.78 is 5.48. The minimum absolute atomic E-state index is 0.184. The van der Waals surface area contributed by atoms with Crippen LogP contribution in [0.15, 0.2) is 24.3 Å². The van der Waals surface area contributed by atoms with Crippen LogP contribution in [0.5, 0.6) is 5.75 Å². The topological polar surface area (TPSA) is 36.0 Å². The van der Waals surface area contributed by atoms with Crippen LogP contribution in [-0.4, -0.2) is 74.5 Å². The fourth-order valence-corrected chi connectivity index (χ4v) is 3.53. The van der Waals surface area contributed by atoms with E-state index in [9.17, 15) is 4.79 Å². The summed E-state index contributed by atoms with van der Waals surface area (Å²) in [6.45, 7) is 7.35. The zero-order chi connectivity index (χ0) is 18.2. The average molecular weight is 348 g/mol. The number of amides is 1. The second kappa shape index (κ2) is 9.78. The molecule has 25 heavy (non-hydrogen) atoms. The Labute approximate surface area is 152 Å². The van der Waals surface area contributed by atoms with Crippen molar-refractivity contribution in [2.45, 2.75) is 26.3 Å². The number of hydrogen-bond acceptors (Lipinski definition) is 4. The maximum atomic E-state index is 12.0. The molecule has 1 atom stereocenters. The lowest BCUT2D eigenvalue weighted by Crippen LogP contribution is -2.43. The van der Waals surface area contributed by atoms with Crippen molar-refractivity contribution in [2.24, 2.45) is 5.92 Å². The van der Waals surface area contributed by atoms with Crippen molar-refractivity contribution in [3.63, 3.8) is 0 Å². The van der Waals surface area contributed by atoms with Gasteiger partial charge in [-0.05, 0) is 45.5 Å². The van der Waals surface area contributed by atoms with Gasteiger partial charge in [-0.15, -0.1) is 0 Å². The lowest BCUT2D eigenvalue weighted by atomic mass is 9.96. The first-order chi connectivity index (χ1) is 12.0. The van der Waals surface area contributed by atoms with E-state index in [0.29, 0.717) is 5.92 Å². The molecule has 0 radical (unpaired) electrons. The van der Waals surface area contributed by atoms with Gasteiger partial charge < -0.3 is 14.5 Å². The standard InChI is InChI=1S/C20H33N3O2/c1-17(24)23(13-12-21(2)3)15-18-8-7-11-22(14-18)16-19-9-5-6-10-20(19)25-4/h5-6,9-10,18H,7-8,11-16H2,1-4H3/t18-/m1/s1. The number of nitrogens with zero attached hydrogens (tertiary/aromatic N) is 3. The summed E-state index contributed by atoms with van der Waals surface area (Å²) >= 11 is 0. The second-order valence-corrected chi connectivity index (χ2v) is 7.32. The van der Waals surface area contributed by atoms with Crippen molar-refractivity contribution in [3.8, 4) is 5.75 Å². The van der Waals surface area contributed by atoms with Crippen LogP contribution in [0.25, 0.3) is 0 Å². The van der Waals surface area contributed by atoms with Crippen LogP contribution < -0.4 is 4.74 Å². The number of hydrogen-bond donors (Lipinski definition) is 0. The lowest BCUT2D eigenvalue weighted by Gasteiger charge is -2.36. The molecule has 0 unspecified atom stereocenters. The first kappa shape index (κ1) is 19.7. The van der Waals surface area contributed by atoms with E-state index in [4.69, 9.17) is 4.74 Å². The number of rotatable bonds is 8. The maximum Gasteiger partial charge on any atom is 0.219 e. The Balaban J connectivity index is 1.92. The number of para-hydroxylation sites is 1. The normalized spacial score (nSPS) is 18.4. The van der Waals surface area contributed by atoms with Gasteiger partial charge in [-0.3, -0.25) is 9.69 Å². The van der Waals surface area contributed by atoms with Crippen LogP contribution in [-0.2, 0) is 11.3 Å². The molecule has 0 N–H and O–H groups in total. The number of likely N-dealkylation sites (tertiary alicyclic amines) is 1. The minimum atomic E-state index is 0.184. The number of likely N-dealkylation sites (N-methyl/N-ethyl adjacent to an activating group) is 1. The van der Waals surface area contributed by atoms with E-state index in [2.05, 4.69) is 21.9 Å². The first-order valence-corrected chi connectivity index (χ1v) is 9.24. The third kappa shape index (κ3) is 6.33. The molecule has 1 aromatic rings. The molecule has 0 saturated carbocycles. The molecule has 5 nitrogen and oxygen atoms in total. The Bertz CT molecular complexity index is 547. The predicted octanol–water partition coefficient (Wildman–Crippen LogP) is 2.32. The predicted molar refractivity (Wildman–Crippen MR) is 102 cm³/mol. The molecule has 0 aliphatic carbocycles. The third-order valence-electron chi connectivity index (χ3n) is 4.93. The van der Waals surface area contributed by atoms with E-state index in [0.717, 1.165) is 45.0 Å². The van der Waals surface area contributed by atoms with Gasteiger partial charge in [-0.2, -0.15) is 0 Å². The Morgan fingerprint density at radius 3 is 2.72 bits per heavy atom. The number of piperidine rings is 1. The molecular weight excluding hydrogens is 314 g/mol. The first-order valence-electron chi connectivity index (χ1n) is 9.24. The highest BCUT2D eigenvalue weighted by Crippen LogP contribution is 2.23. The molecule has 0 aromatic heterocycles. The second-order valence-electron chi connectivity index (χ2n) is 7.32. The molecule has 1 heterocycles. The zero-order valence-corrected chi connectivity index (χ0v) is 16.2. The maximum absolute atomic E-state index is 12.0. The van der Waals surface area contributed by atoms with Gasteiger partial charge in [0, 0.05) is 45.2 Å². The quantitative estimate of drug-likeness (QED) is 0.723. The highest BCUT2D eigenvalue weighted by Gasteiger charge is 2.23. The van der Waals surface area contributed by atoms with E-state index >= 15 is 0 Å². The van der Waals surface area contributed by atoms with Gasteiger partial charge in [-0.25, -0.2) is 0 Å². The lowest BCUT2D eigenvalue weighted by molar-refractivity contribution is -0.129. The Morgan fingerprint density at radius 1 is 1.28 bits per heavy atom. The van der Waals surface area contributed by atoms with E-state index < -0.39 is 0 Å². The van der Waals surface area contributed by atoms with E-state index in [1.54, 1.807) is 14.0 Å². The van der Waals surface area contributed by atoms with Crippen LogP contribution in [0, 0.1) is 5.92 Å². The van der Waals surface area contributed by atoms with Crippen molar-refractivity contribution in [2.75, 3.05) is 53.9 Å². The van der Waals surface area contributed by atoms with Crippen LogP contribution in [0.4, 0.5) is 0 Å². The summed E-state index contributed by atoms with van der Waals surface area (Å²) in [5.74, 6) is 1.69. The summed E-state index contributed by atoms with van der Waals surface area (Å²) in [5.41, 5.74) is 1.24. The van der Waals surface area contributed by atoms with Gasteiger partial charge in [-0.1, -0.05) is 18.2 Å². The fourth-order valence-electron chi connectivity index (χ4n) is 3.53. The molecule has 1 fully saturated rings. The van der Waals surface area contributed by atoms with Gasteiger partial charge in [0.25, 0.3) is 0 Å². The van der Waals surface area contributed by atoms with Crippen LogP contribution in [0.3, 0.4) is 0 Å². The van der Waals surface area contributed by atoms with Crippen LogP contribution in [0.2, 0.25) is 0 Å². The molecule has 0 spiro atoms. The summed E-state index contributed by atoms with van der Waals surface area (Å²) in [4.78, 5) is 18.6. The van der Waals surface area contributed by atoms with Crippen LogP contribution >= 0.6 is 0 Å². The summed E-state index contributed by atoms with van der Waals surface area (Å²) in [6, 6.07) is 8.24. The van der Waals surface area contributed by atoms with E-state index in [-0.39, 0.29) is 5.91 Å². The molecule has 1 amide bonds. The molecule has 2 rings (SSSR count). The van der Waals surface area contributed by atoms with Gasteiger partial charge >= 0.3 is 0 Å². The highest BCUT2D eigenvalue weighted by atomic mass is 16.5. The minimum Gasteiger partial charge on any atom is -0.496 e. The molecule has 0 bridgehead atoms. The van der Waals surface area contributed by atoms with Crippen molar-refractivity contribution >= 4 is 5.91 Å². The highest BCUT2D eigenvalue weighted by molar-refractivity contribution is 5.73. The monoisotopic (exact) mass is 347 g/mol. The number of methoxy groups -OCH3 is 1. The van der Waals surface area contributed by atoms with Gasteiger partial charge in [0.05, 0.1) is 7.11 Å². The summed E-state index contributed by atoms with van der Waals surface area (Å²) in [7, 11) is 5.83. The molecule has 140 valence electrons. The van der Waals surface area contributed by atoms with Gasteiger partial charge in [0.1, 0.15) is 5.75 Å². The van der Waals surface area contributed by atoms with Gasteiger partial charge in [0.15, 0.2) is 0 Å².